The number of Topliss-reactive ketones (excluding diaryl/α,β-unsaturated/α-hetero) is 1. The van der Waals surface area contributed by atoms with Gasteiger partial charge in [-0.2, -0.15) is 0 Å². The van der Waals surface area contributed by atoms with Crippen LogP contribution in [0.3, 0.4) is 0 Å². The summed E-state index contributed by atoms with van der Waals surface area (Å²) in [7, 11) is 0. The number of ketones is 1. The standard InChI is InChI=1S/C8H14ClNO/c1-7(11)6-10-4-2-8(9)3-5-10/h8H,2-6H2,1H3. The molecule has 0 aromatic carbocycles. The fraction of sp³-hybridized carbons (Fsp3) is 0.875. The van der Waals surface area contributed by atoms with Crippen molar-refractivity contribution in [3.05, 3.63) is 0 Å². The number of alkyl halides is 1. The molecule has 0 aromatic rings. The van der Waals surface area contributed by atoms with Crippen molar-refractivity contribution in [3.63, 3.8) is 0 Å². The summed E-state index contributed by atoms with van der Waals surface area (Å²) in [4.78, 5) is 12.9. The molecular weight excluding hydrogens is 162 g/mol. The summed E-state index contributed by atoms with van der Waals surface area (Å²) >= 11 is 5.91. The van der Waals surface area contributed by atoms with E-state index in [0.29, 0.717) is 11.9 Å². The van der Waals surface area contributed by atoms with Crippen LogP contribution in [0, 0.1) is 0 Å². The topological polar surface area (TPSA) is 20.3 Å². The second-order valence-electron chi connectivity index (χ2n) is 3.15. The van der Waals surface area contributed by atoms with Crippen molar-refractivity contribution in [1.82, 2.24) is 4.90 Å². The van der Waals surface area contributed by atoms with Crippen LogP contribution in [-0.4, -0.2) is 35.7 Å². The van der Waals surface area contributed by atoms with Crippen molar-refractivity contribution in [1.29, 1.82) is 0 Å². The van der Waals surface area contributed by atoms with E-state index < -0.39 is 0 Å². The van der Waals surface area contributed by atoms with E-state index in [9.17, 15) is 4.79 Å². The summed E-state index contributed by atoms with van der Waals surface area (Å²) in [6, 6.07) is 0. The van der Waals surface area contributed by atoms with Gasteiger partial charge in [0.2, 0.25) is 0 Å². The normalized spacial score (nSPS) is 22.0. The van der Waals surface area contributed by atoms with Crippen molar-refractivity contribution >= 4 is 17.4 Å². The maximum atomic E-state index is 10.7. The van der Waals surface area contributed by atoms with Gasteiger partial charge >= 0.3 is 0 Å². The summed E-state index contributed by atoms with van der Waals surface area (Å²) in [5, 5.41) is 0.332. The average molecular weight is 176 g/mol. The van der Waals surface area contributed by atoms with Crippen molar-refractivity contribution in [3.8, 4) is 0 Å². The Hall–Kier alpha value is -0.0800. The zero-order chi connectivity index (χ0) is 8.27. The summed E-state index contributed by atoms with van der Waals surface area (Å²) in [6.07, 6.45) is 2.05. The molecule has 11 heavy (non-hydrogen) atoms. The third-order valence-corrected chi connectivity index (χ3v) is 2.40. The number of nitrogens with zero attached hydrogens (tertiary/aromatic N) is 1. The van der Waals surface area contributed by atoms with Crippen LogP contribution in [-0.2, 0) is 4.79 Å². The number of hydrogen-bond donors (Lipinski definition) is 0. The molecule has 64 valence electrons. The quantitative estimate of drug-likeness (QED) is 0.590. The lowest BCUT2D eigenvalue weighted by Gasteiger charge is -2.27. The van der Waals surface area contributed by atoms with Crippen LogP contribution in [0.1, 0.15) is 19.8 Å². The highest BCUT2D eigenvalue weighted by atomic mass is 35.5. The third-order valence-electron chi connectivity index (χ3n) is 1.96. The summed E-state index contributed by atoms with van der Waals surface area (Å²) in [5.74, 6) is 0.248. The minimum atomic E-state index is 0.248. The van der Waals surface area contributed by atoms with Gasteiger partial charge in [-0.3, -0.25) is 9.69 Å². The van der Waals surface area contributed by atoms with Gasteiger partial charge in [0.25, 0.3) is 0 Å². The minimum Gasteiger partial charge on any atom is -0.299 e. The Morgan fingerprint density at radius 1 is 1.55 bits per heavy atom. The molecule has 2 nitrogen and oxygen atoms in total. The van der Waals surface area contributed by atoms with Crippen LogP contribution in [0.15, 0.2) is 0 Å². The maximum Gasteiger partial charge on any atom is 0.143 e. The molecule has 3 heteroatoms. The lowest BCUT2D eigenvalue weighted by atomic mass is 10.1. The van der Waals surface area contributed by atoms with Crippen LogP contribution in [0.25, 0.3) is 0 Å². The van der Waals surface area contributed by atoms with Crippen LogP contribution in [0.4, 0.5) is 0 Å². The monoisotopic (exact) mass is 175 g/mol. The van der Waals surface area contributed by atoms with Gasteiger partial charge in [0.05, 0.1) is 6.54 Å². The highest BCUT2D eigenvalue weighted by Crippen LogP contribution is 2.14. The second kappa shape index (κ2) is 4.07. The van der Waals surface area contributed by atoms with Gasteiger partial charge in [0.15, 0.2) is 0 Å². The number of piperidine rings is 1. The van der Waals surface area contributed by atoms with Crippen molar-refractivity contribution < 1.29 is 4.79 Å². The lowest BCUT2D eigenvalue weighted by Crippen LogP contribution is -2.36. The van der Waals surface area contributed by atoms with E-state index in [-0.39, 0.29) is 5.78 Å². The first-order valence-corrected chi connectivity index (χ1v) is 4.48. The molecule has 1 aliphatic heterocycles. The molecule has 0 N–H and O–H groups in total. The molecule has 0 spiro atoms. The van der Waals surface area contributed by atoms with E-state index in [1.54, 1.807) is 6.92 Å². The Morgan fingerprint density at radius 3 is 2.55 bits per heavy atom. The van der Waals surface area contributed by atoms with E-state index in [1.807, 2.05) is 0 Å². The first kappa shape index (κ1) is 9.01. The molecule has 1 fully saturated rings. The number of likely N-dealkylation sites (tertiary alicyclic amines) is 1. The smallest absolute Gasteiger partial charge is 0.143 e. The Bertz CT molecular complexity index is 141. The molecule has 0 saturated carbocycles. The zero-order valence-electron chi connectivity index (χ0n) is 6.85. The van der Waals surface area contributed by atoms with E-state index in [4.69, 9.17) is 11.6 Å². The Morgan fingerprint density at radius 2 is 2.09 bits per heavy atom. The highest BCUT2D eigenvalue weighted by Gasteiger charge is 2.17. The molecule has 0 unspecified atom stereocenters. The summed E-state index contributed by atoms with van der Waals surface area (Å²) < 4.78 is 0. The third kappa shape index (κ3) is 3.21. The van der Waals surface area contributed by atoms with Crippen molar-refractivity contribution in [2.45, 2.75) is 25.1 Å². The summed E-state index contributed by atoms with van der Waals surface area (Å²) in [5.41, 5.74) is 0. The van der Waals surface area contributed by atoms with E-state index in [2.05, 4.69) is 4.90 Å². The first-order valence-electron chi connectivity index (χ1n) is 4.04. The molecule has 0 atom stereocenters. The fourth-order valence-corrected chi connectivity index (χ4v) is 1.57. The van der Waals surface area contributed by atoms with Gasteiger partial charge in [-0.05, 0) is 19.8 Å². The number of halogens is 1. The molecular formula is C8H14ClNO. The van der Waals surface area contributed by atoms with Crippen molar-refractivity contribution in [2.75, 3.05) is 19.6 Å². The lowest BCUT2D eigenvalue weighted by molar-refractivity contribution is -0.118. The van der Waals surface area contributed by atoms with Gasteiger partial charge in [-0.15, -0.1) is 11.6 Å². The van der Waals surface area contributed by atoms with Crippen LogP contribution in [0.5, 0.6) is 0 Å². The SMILES string of the molecule is CC(=O)CN1CCC(Cl)CC1. The molecule has 0 aromatic heterocycles. The average Bonchev–Trinajstić information content (AvgIpc) is 1.93. The van der Waals surface area contributed by atoms with Crippen molar-refractivity contribution in [2.24, 2.45) is 0 Å². The van der Waals surface area contributed by atoms with Gasteiger partial charge in [-0.1, -0.05) is 0 Å². The van der Waals surface area contributed by atoms with E-state index in [1.165, 1.54) is 0 Å². The molecule has 0 aliphatic carbocycles. The van der Waals surface area contributed by atoms with E-state index >= 15 is 0 Å². The molecule has 1 heterocycles. The number of hydrogen-bond acceptors (Lipinski definition) is 2. The number of carbonyl (C=O) groups is 1. The van der Waals surface area contributed by atoms with Crippen LogP contribution < -0.4 is 0 Å². The first-order chi connectivity index (χ1) is 5.18. The van der Waals surface area contributed by atoms with Gasteiger partial charge in [0, 0.05) is 18.5 Å². The Kier molecular flexibility index (Phi) is 3.34. The highest BCUT2D eigenvalue weighted by molar-refractivity contribution is 6.20. The predicted molar refractivity (Wildman–Crippen MR) is 46.0 cm³/mol. The van der Waals surface area contributed by atoms with Gasteiger partial charge in [-0.25, -0.2) is 0 Å². The predicted octanol–water partition coefficient (Wildman–Crippen LogP) is 1.28. The molecule has 1 aliphatic rings. The molecule has 0 amide bonds. The molecule has 1 rings (SSSR count). The summed E-state index contributed by atoms with van der Waals surface area (Å²) in [6.45, 7) is 4.19. The Balaban J connectivity index is 2.22. The molecule has 1 saturated heterocycles. The van der Waals surface area contributed by atoms with Crippen LogP contribution >= 0.6 is 11.6 Å². The van der Waals surface area contributed by atoms with E-state index in [0.717, 1.165) is 25.9 Å². The fourth-order valence-electron chi connectivity index (χ4n) is 1.37. The zero-order valence-corrected chi connectivity index (χ0v) is 7.60. The number of carbonyl (C=O) groups excluding carboxylic acids is 1. The largest absolute Gasteiger partial charge is 0.299 e. The molecule has 0 radical (unpaired) electrons. The van der Waals surface area contributed by atoms with Crippen LogP contribution in [0.2, 0.25) is 0 Å². The van der Waals surface area contributed by atoms with Gasteiger partial charge < -0.3 is 0 Å². The van der Waals surface area contributed by atoms with Gasteiger partial charge in [0.1, 0.15) is 5.78 Å². The maximum absolute atomic E-state index is 10.7. The number of rotatable bonds is 2. The second-order valence-corrected chi connectivity index (χ2v) is 3.77. The minimum absolute atomic E-state index is 0.248. The molecule has 0 bridgehead atoms. The Labute approximate surface area is 72.5 Å².